The Labute approximate surface area is 418 Å². The maximum absolute atomic E-state index is 12.9. The first kappa shape index (κ1) is 65.4. The summed E-state index contributed by atoms with van der Waals surface area (Å²) >= 11 is 0. The van der Waals surface area contributed by atoms with Crippen LogP contribution in [0.1, 0.15) is 337 Å². The van der Waals surface area contributed by atoms with Crippen LogP contribution in [0, 0.1) is 17.8 Å². The smallest absolute Gasteiger partial charge is 0.306 e. The largest absolute Gasteiger partial charge is 0.462 e. The van der Waals surface area contributed by atoms with Gasteiger partial charge in [-0.15, -0.1) is 0 Å². The van der Waals surface area contributed by atoms with E-state index in [9.17, 15) is 14.4 Å². The topological polar surface area (TPSA) is 78.9 Å². The van der Waals surface area contributed by atoms with E-state index in [-0.39, 0.29) is 31.1 Å². The van der Waals surface area contributed by atoms with Crippen molar-refractivity contribution in [2.75, 3.05) is 13.2 Å². The zero-order chi connectivity index (χ0) is 49.1. The van der Waals surface area contributed by atoms with Gasteiger partial charge in [-0.3, -0.25) is 14.4 Å². The monoisotopic (exact) mass is 947 g/mol. The summed E-state index contributed by atoms with van der Waals surface area (Å²) in [6.45, 7) is 13.8. The third kappa shape index (κ3) is 55.2. The average molecular weight is 948 g/mol. The summed E-state index contributed by atoms with van der Waals surface area (Å²) in [6.07, 6.45) is 55.2. The van der Waals surface area contributed by atoms with E-state index in [1.165, 1.54) is 218 Å². The fourth-order valence-corrected chi connectivity index (χ4v) is 9.35. The average Bonchev–Trinajstić information content (AvgIpc) is 3.29. The Bertz CT molecular complexity index is 1040. The standard InChI is InChI=1S/C61H118O6/c1-55(2)47-41-35-29-23-17-12-8-7-9-15-21-28-34-40-46-52-61(64)67-58(54-66-60(63)51-45-39-33-27-22-16-19-25-31-37-43-49-57(5)6)53-65-59(62)50-44-38-32-26-20-14-11-10-13-18-24-30-36-42-48-56(3)4/h55-58H,7-54H2,1-6H3/t58-/m0/s1. The van der Waals surface area contributed by atoms with Crippen LogP contribution in [-0.2, 0) is 28.6 Å². The number of ether oxygens (including phenoxy) is 3. The Morgan fingerprint density at radius 1 is 0.254 bits per heavy atom. The minimum atomic E-state index is -0.764. The SMILES string of the molecule is CC(C)CCCCCCCCCCCCCCCCCC(=O)O[C@@H](COC(=O)CCCCCCCCCCCCCCCCC(C)C)COC(=O)CCCCCCCCCCCCCC(C)C. The molecule has 0 fully saturated rings. The second-order valence-corrected chi connectivity index (χ2v) is 22.4. The van der Waals surface area contributed by atoms with Gasteiger partial charge in [-0.2, -0.15) is 0 Å². The zero-order valence-electron chi connectivity index (χ0n) is 46.2. The quantitative estimate of drug-likeness (QED) is 0.0343. The van der Waals surface area contributed by atoms with Crippen molar-refractivity contribution in [3.8, 4) is 0 Å². The molecule has 0 amide bonds. The van der Waals surface area contributed by atoms with Gasteiger partial charge in [-0.1, -0.05) is 298 Å². The predicted molar refractivity (Wildman–Crippen MR) is 289 cm³/mol. The Kier molecular flexibility index (Phi) is 51.0. The molecule has 67 heavy (non-hydrogen) atoms. The molecule has 6 heteroatoms. The summed E-state index contributed by atoms with van der Waals surface area (Å²) in [5.74, 6) is 1.68. The third-order valence-corrected chi connectivity index (χ3v) is 13.9. The summed E-state index contributed by atoms with van der Waals surface area (Å²) in [7, 11) is 0. The van der Waals surface area contributed by atoms with Crippen molar-refractivity contribution < 1.29 is 28.6 Å². The van der Waals surface area contributed by atoms with E-state index in [4.69, 9.17) is 14.2 Å². The number of esters is 3. The van der Waals surface area contributed by atoms with E-state index in [0.29, 0.717) is 19.3 Å². The fourth-order valence-electron chi connectivity index (χ4n) is 9.35. The lowest BCUT2D eigenvalue weighted by atomic mass is 10.0. The lowest BCUT2D eigenvalue weighted by Gasteiger charge is -2.18. The Balaban J connectivity index is 4.30. The van der Waals surface area contributed by atoms with Crippen LogP contribution >= 0.6 is 0 Å². The Hall–Kier alpha value is -1.59. The molecule has 6 nitrogen and oxygen atoms in total. The highest BCUT2D eigenvalue weighted by Gasteiger charge is 2.19. The minimum Gasteiger partial charge on any atom is -0.462 e. The normalized spacial score (nSPS) is 12.1. The summed E-state index contributed by atoms with van der Waals surface area (Å²) in [4.78, 5) is 38.2. The molecule has 0 radical (unpaired) electrons. The van der Waals surface area contributed by atoms with E-state index >= 15 is 0 Å². The molecule has 0 unspecified atom stereocenters. The highest BCUT2D eigenvalue weighted by molar-refractivity contribution is 5.71. The van der Waals surface area contributed by atoms with Crippen LogP contribution in [0.2, 0.25) is 0 Å². The first-order valence-corrected chi connectivity index (χ1v) is 30.1. The van der Waals surface area contributed by atoms with Gasteiger partial charge in [-0.25, -0.2) is 0 Å². The second-order valence-electron chi connectivity index (χ2n) is 22.4. The molecule has 0 aliphatic carbocycles. The molecule has 0 rings (SSSR count). The van der Waals surface area contributed by atoms with E-state index in [1.54, 1.807) is 0 Å². The Morgan fingerprint density at radius 3 is 0.642 bits per heavy atom. The van der Waals surface area contributed by atoms with Gasteiger partial charge in [0.15, 0.2) is 6.10 Å². The fraction of sp³-hybridized carbons (Fsp3) is 0.951. The van der Waals surface area contributed by atoms with Crippen LogP contribution in [0.4, 0.5) is 0 Å². The molecule has 0 heterocycles. The number of hydrogen-bond donors (Lipinski definition) is 0. The van der Waals surface area contributed by atoms with Crippen LogP contribution in [-0.4, -0.2) is 37.2 Å². The van der Waals surface area contributed by atoms with Crippen molar-refractivity contribution in [3.63, 3.8) is 0 Å². The molecule has 0 aromatic carbocycles. The van der Waals surface area contributed by atoms with Crippen molar-refractivity contribution in [2.45, 2.75) is 343 Å². The number of hydrogen-bond acceptors (Lipinski definition) is 6. The molecule has 1 atom stereocenters. The van der Waals surface area contributed by atoms with E-state index in [2.05, 4.69) is 41.5 Å². The predicted octanol–water partition coefficient (Wildman–Crippen LogP) is 19.9. The second kappa shape index (κ2) is 52.2. The summed E-state index contributed by atoms with van der Waals surface area (Å²) < 4.78 is 16.9. The maximum atomic E-state index is 12.9. The molecule has 0 aromatic rings. The first-order valence-electron chi connectivity index (χ1n) is 30.1. The van der Waals surface area contributed by atoms with Crippen molar-refractivity contribution >= 4 is 17.9 Å². The zero-order valence-corrected chi connectivity index (χ0v) is 46.2. The van der Waals surface area contributed by atoms with Crippen molar-refractivity contribution in [2.24, 2.45) is 17.8 Å². The van der Waals surface area contributed by atoms with Crippen molar-refractivity contribution in [3.05, 3.63) is 0 Å². The van der Waals surface area contributed by atoms with E-state index in [0.717, 1.165) is 75.5 Å². The molecule has 0 bridgehead atoms. The Morgan fingerprint density at radius 2 is 0.433 bits per heavy atom. The van der Waals surface area contributed by atoms with Gasteiger partial charge in [0, 0.05) is 19.3 Å². The van der Waals surface area contributed by atoms with Gasteiger partial charge in [0.05, 0.1) is 0 Å². The molecule has 0 spiro atoms. The van der Waals surface area contributed by atoms with Crippen LogP contribution < -0.4 is 0 Å². The van der Waals surface area contributed by atoms with Gasteiger partial charge in [0.25, 0.3) is 0 Å². The van der Waals surface area contributed by atoms with Crippen LogP contribution in [0.5, 0.6) is 0 Å². The summed E-state index contributed by atoms with van der Waals surface area (Å²) in [5.41, 5.74) is 0. The highest BCUT2D eigenvalue weighted by Crippen LogP contribution is 2.19. The number of carbonyl (C=O) groups is 3. The molecule has 0 aliphatic rings. The number of rotatable bonds is 54. The molecular formula is C61H118O6. The number of unbranched alkanes of at least 4 members (excludes halogenated alkanes) is 37. The molecule has 0 saturated heterocycles. The van der Waals surface area contributed by atoms with E-state index in [1.807, 2.05) is 0 Å². The van der Waals surface area contributed by atoms with Crippen LogP contribution in [0.15, 0.2) is 0 Å². The van der Waals surface area contributed by atoms with Crippen molar-refractivity contribution in [1.29, 1.82) is 0 Å². The van der Waals surface area contributed by atoms with Crippen LogP contribution in [0.3, 0.4) is 0 Å². The first-order chi connectivity index (χ1) is 32.6. The molecule has 0 aliphatic heterocycles. The minimum absolute atomic E-state index is 0.0631. The van der Waals surface area contributed by atoms with Gasteiger partial charge in [0.1, 0.15) is 13.2 Å². The highest BCUT2D eigenvalue weighted by atomic mass is 16.6. The van der Waals surface area contributed by atoms with Gasteiger partial charge < -0.3 is 14.2 Å². The molecular weight excluding hydrogens is 829 g/mol. The summed E-state index contributed by atoms with van der Waals surface area (Å²) in [6, 6.07) is 0. The van der Waals surface area contributed by atoms with Crippen LogP contribution in [0.25, 0.3) is 0 Å². The molecule has 398 valence electrons. The van der Waals surface area contributed by atoms with Gasteiger partial charge >= 0.3 is 17.9 Å². The molecule has 0 N–H and O–H groups in total. The van der Waals surface area contributed by atoms with Crippen molar-refractivity contribution in [1.82, 2.24) is 0 Å². The third-order valence-electron chi connectivity index (χ3n) is 13.9. The number of carbonyl (C=O) groups excluding carboxylic acids is 3. The maximum Gasteiger partial charge on any atom is 0.306 e. The molecule has 0 saturated carbocycles. The lowest BCUT2D eigenvalue weighted by molar-refractivity contribution is -0.167. The van der Waals surface area contributed by atoms with Gasteiger partial charge in [0.2, 0.25) is 0 Å². The van der Waals surface area contributed by atoms with Gasteiger partial charge in [-0.05, 0) is 37.0 Å². The lowest BCUT2D eigenvalue weighted by Crippen LogP contribution is -2.30. The summed E-state index contributed by atoms with van der Waals surface area (Å²) in [5, 5.41) is 0. The van der Waals surface area contributed by atoms with E-state index < -0.39 is 6.10 Å². The molecule has 0 aromatic heterocycles.